The molecular formula is C25H27FN4O2. The molecule has 0 unspecified atom stereocenters. The summed E-state index contributed by atoms with van der Waals surface area (Å²) in [5.74, 6) is -0.517. The molecule has 0 radical (unpaired) electrons. The van der Waals surface area contributed by atoms with Gasteiger partial charge >= 0.3 is 0 Å². The first-order valence-corrected chi connectivity index (χ1v) is 10.9. The lowest BCUT2D eigenvalue weighted by Crippen LogP contribution is -2.35. The number of hydrogen-bond acceptors (Lipinski definition) is 3. The summed E-state index contributed by atoms with van der Waals surface area (Å²) in [7, 11) is 0. The predicted octanol–water partition coefficient (Wildman–Crippen LogP) is 4.21. The highest BCUT2D eigenvalue weighted by atomic mass is 19.1. The summed E-state index contributed by atoms with van der Waals surface area (Å²) in [4.78, 5) is 30.7. The first-order chi connectivity index (χ1) is 15.4. The van der Waals surface area contributed by atoms with Crippen molar-refractivity contribution in [2.75, 3.05) is 0 Å². The second-order valence-corrected chi connectivity index (χ2v) is 8.34. The fourth-order valence-corrected chi connectivity index (χ4v) is 4.01. The van der Waals surface area contributed by atoms with E-state index in [2.05, 4.69) is 17.2 Å². The number of amides is 1. The van der Waals surface area contributed by atoms with Crippen LogP contribution in [0.5, 0.6) is 0 Å². The van der Waals surface area contributed by atoms with Crippen LogP contribution in [0.3, 0.4) is 0 Å². The Labute approximate surface area is 185 Å². The predicted molar refractivity (Wildman–Crippen MR) is 124 cm³/mol. The first-order valence-electron chi connectivity index (χ1n) is 10.9. The van der Waals surface area contributed by atoms with Gasteiger partial charge in [0.1, 0.15) is 23.4 Å². The molecule has 0 aliphatic heterocycles. The van der Waals surface area contributed by atoms with Gasteiger partial charge in [-0.05, 0) is 43.0 Å². The quantitative estimate of drug-likeness (QED) is 0.474. The molecule has 7 heteroatoms. The fourth-order valence-electron chi connectivity index (χ4n) is 4.01. The number of rotatable bonds is 7. The van der Waals surface area contributed by atoms with Gasteiger partial charge in [0.25, 0.3) is 5.56 Å². The average molecular weight is 435 g/mol. The van der Waals surface area contributed by atoms with Crippen molar-refractivity contribution >= 4 is 27.8 Å². The summed E-state index contributed by atoms with van der Waals surface area (Å²) in [5.41, 5.74) is 2.21. The number of nitrogens with zero attached hydrogens (tertiary/aromatic N) is 3. The third-order valence-corrected chi connectivity index (χ3v) is 5.95. The minimum atomic E-state index is -0.413. The Bertz CT molecular complexity index is 1330. The van der Waals surface area contributed by atoms with Crippen molar-refractivity contribution < 1.29 is 9.18 Å². The van der Waals surface area contributed by atoms with E-state index in [0.29, 0.717) is 28.5 Å². The monoisotopic (exact) mass is 434 g/mol. The molecule has 2 atom stereocenters. The van der Waals surface area contributed by atoms with E-state index in [9.17, 15) is 14.0 Å². The van der Waals surface area contributed by atoms with Gasteiger partial charge in [-0.1, -0.05) is 44.2 Å². The van der Waals surface area contributed by atoms with Crippen LogP contribution in [0.1, 0.15) is 38.7 Å². The van der Waals surface area contributed by atoms with E-state index in [0.717, 1.165) is 12.0 Å². The smallest absolute Gasteiger partial charge is 0.277 e. The summed E-state index contributed by atoms with van der Waals surface area (Å²) >= 11 is 0. The molecule has 0 aliphatic carbocycles. The Kier molecular flexibility index (Phi) is 6.08. The molecule has 0 bridgehead atoms. The van der Waals surface area contributed by atoms with E-state index in [1.54, 1.807) is 15.2 Å². The zero-order valence-corrected chi connectivity index (χ0v) is 18.5. The van der Waals surface area contributed by atoms with E-state index >= 15 is 0 Å². The highest BCUT2D eigenvalue weighted by Gasteiger charge is 2.20. The molecular weight excluding hydrogens is 407 g/mol. The fraction of sp³-hybridized carbons (Fsp3) is 0.320. The van der Waals surface area contributed by atoms with Gasteiger partial charge in [0.05, 0.1) is 11.8 Å². The van der Waals surface area contributed by atoms with E-state index in [-0.39, 0.29) is 30.0 Å². The van der Waals surface area contributed by atoms with Gasteiger partial charge in [-0.3, -0.25) is 14.2 Å². The highest BCUT2D eigenvalue weighted by Crippen LogP contribution is 2.26. The number of fused-ring (bicyclic) bond motifs is 3. The van der Waals surface area contributed by atoms with Gasteiger partial charge in [0, 0.05) is 18.0 Å². The summed E-state index contributed by atoms with van der Waals surface area (Å²) in [6.45, 7) is 6.38. The van der Waals surface area contributed by atoms with Crippen LogP contribution in [0.4, 0.5) is 4.39 Å². The Balaban J connectivity index is 1.81. The molecule has 0 spiro atoms. The summed E-state index contributed by atoms with van der Waals surface area (Å²) in [6.07, 6.45) is 2.31. The van der Waals surface area contributed by atoms with Gasteiger partial charge < -0.3 is 9.88 Å². The molecule has 1 amide bonds. The average Bonchev–Trinajstić information content (AvgIpc) is 3.09. The molecule has 1 N–H and O–H groups in total. The number of carbonyl (C=O) groups is 1. The van der Waals surface area contributed by atoms with Crippen molar-refractivity contribution in [1.82, 2.24) is 19.4 Å². The second kappa shape index (κ2) is 8.94. The number of carbonyl (C=O) groups excluding carboxylic acids is 1. The third-order valence-electron chi connectivity index (χ3n) is 5.95. The van der Waals surface area contributed by atoms with E-state index in [1.807, 2.05) is 44.2 Å². The zero-order valence-electron chi connectivity index (χ0n) is 18.5. The van der Waals surface area contributed by atoms with Crippen LogP contribution < -0.4 is 10.9 Å². The highest BCUT2D eigenvalue weighted by molar-refractivity contribution is 6.06. The third kappa shape index (κ3) is 4.15. The lowest BCUT2D eigenvalue weighted by Gasteiger charge is -2.15. The maximum atomic E-state index is 14.0. The van der Waals surface area contributed by atoms with Crippen molar-refractivity contribution in [3.63, 3.8) is 0 Å². The van der Waals surface area contributed by atoms with E-state index in [4.69, 9.17) is 0 Å². The van der Waals surface area contributed by atoms with E-state index < -0.39 is 5.82 Å². The maximum absolute atomic E-state index is 14.0. The molecule has 4 rings (SSSR count). The standard InChI is InChI=1S/C25H27FN4O2/c1-4-17(3)28-22(31)14-30-21-11-10-19(26)12-20(21)23-24(30)25(32)29(15-27-23)13-16(2)18-8-6-5-7-9-18/h5-12,15-17H,4,13-14H2,1-3H3,(H,28,31)/t16-,17+/m0/s1. The summed E-state index contributed by atoms with van der Waals surface area (Å²) in [6, 6.07) is 14.3. The number of halogens is 1. The second-order valence-electron chi connectivity index (χ2n) is 8.34. The van der Waals surface area contributed by atoms with Crippen LogP contribution in [-0.2, 0) is 17.9 Å². The SMILES string of the molecule is CC[C@@H](C)NC(=O)Cn1c2ccc(F)cc2c2ncn(C[C@H](C)c3ccccc3)c(=O)c21. The molecule has 0 saturated heterocycles. The topological polar surface area (TPSA) is 68.9 Å². The van der Waals surface area contributed by atoms with Crippen LogP contribution in [0.2, 0.25) is 0 Å². The number of hydrogen-bond donors (Lipinski definition) is 1. The zero-order chi connectivity index (χ0) is 22.8. The van der Waals surface area contributed by atoms with Gasteiger partial charge in [0.2, 0.25) is 5.91 Å². The molecule has 4 aromatic rings. The van der Waals surface area contributed by atoms with Crippen molar-refractivity contribution in [1.29, 1.82) is 0 Å². The number of benzene rings is 2. The number of aromatic nitrogens is 3. The maximum Gasteiger partial charge on any atom is 0.277 e. The van der Waals surface area contributed by atoms with Crippen LogP contribution >= 0.6 is 0 Å². The van der Waals surface area contributed by atoms with Crippen LogP contribution in [0.25, 0.3) is 21.9 Å². The molecule has 2 heterocycles. The molecule has 2 aromatic heterocycles. The Hall–Kier alpha value is -3.48. The minimum absolute atomic E-state index is 0.0227. The van der Waals surface area contributed by atoms with Crippen LogP contribution in [0, 0.1) is 5.82 Å². The van der Waals surface area contributed by atoms with Gasteiger partial charge in [0.15, 0.2) is 0 Å². The Morgan fingerprint density at radius 1 is 1.16 bits per heavy atom. The van der Waals surface area contributed by atoms with Gasteiger partial charge in [-0.2, -0.15) is 0 Å². The van der Waals surface area contributed by atoms with Crippen molar-refractivity contribution in [2.24, 2.45) is 0 Å². The van der Waals surface area contributed by atoms with Crippen LogP contribution in [0.15, 0.2) is 59.7 Å². The van der Waals surface area contributed by atoms with Gasteiger partial charge in [-0.15, -0.1) is 0 Å². The molecule has 0 saturated carbocycles. The number of nitrogens with one attached hydrogen (secondary N) is 1. The molecule has 0 fully saturated rings. The molecule has 32 heavy (non-hydrogen) atoms. The van der Waals surface area contributed by atoms with Crippen molar-refractivity contribution in [3.8, 4) is 0 Å². The molecule has 6 nitrogen and oxygen atoms in total. The Morgan fingerprint density at radius 2 is 1.91 bits per heavy atom. The summed E-state index contributed by atoms with van der Waals surface area (Å²) in [5, 5.41) is 3.46. The lowest BCUT2D eigenvalue weighted by atomic mass is 10.0. The molecule has 2 aromatic carbocycles. The van der Waals surface area contributed by atoms with Crippen molar-refractivity contribution in [3.05, 3.63) is 76.6 Å². The lowest BCUT2D eigenvalue weighted by molar-refractivity contribution is -0.122. The first kappa shape index (κ1) is 21.7. The van der Waals surface area contributed by atoms with E-state index in [1.165, 1.54) is 18.5 Å². The summed E-state index contributed by atoms with van der Waals surface area (Å²) < 4.78 is 17.2. The largest absolute Gasteiger partial charge is 0.352 e. The van der Waals surface area contributed by atoms with Crippen LogP contribution in [-0.4, -0.2) is 26.1 Å². The van der Waals surface area contributed by atoms with Crippen molar-refractivity contribution in [2.45, 2.75) is 52.2 Å². The normalized spacial score (nSPS) is 13.4. The molecule has 0 aliphatic rings. The minimum Gasteiger partial charge on any atom is -0.352 e. The molecule has 166 valence electrons. The Morgan fingerprint density at radius 3 is 2.62 bits per heavy atom. The van der Waals surface area contributed by atoms with Gasteiger partial charge in [-0.25, -0.2) is 9.37 Å².